The van der Waals surface area contributed by atoms with Crippen LogP contribution in [0.25, 0.3) is 0 Å². The summed E-state index contributed by atoms with van der Waals surface area (Å²) in [5.41, 5.74) is -0.394. The normalized spacial score (nSPS) is 11.9. The van der Waals surface area contributed by atoms with Gasteiger partial charge in [-0.1, -0.05) is 39.0 Å². The molecule has 0 bridgehead atoms. The van der Waals surface area contributed by atoms with E-state index in [2.05, 4.69) is 10.6 Å². The Bertz CT molecular complexity index is 999. The van der Waals surface area contributed by atoms with Crippen molar-refractivity contribution < 1.29 is 26.8 Å². The van der Waals surface area contributed by atoms with Crippen molar-refractivity contribution in [2.24, 2.45) is 5.41 Å². The minimum atomic E-state index is -4.88. The molecule has 0 atom stereocenters. The van der Waals surface area contributed by atoms with E-state index in [1.165, 1.54) is 36.4 Å². The molecule has 0 heterocycles. The number of amides is 2. The Morgan fingerprint density at radius 3 is 2.21 bits per heavy atom. The van der Waals surface area contributed by atoms with E-state index in [1.54, 1.807) is 26.8 Å². The fourth-order valence-electron chi connectivity index (χ4n) is 2.17. The van der Waals surface area contributed by atoms with Crippen LogP contribution in [0.5, 0.6) is 0 Å². The number of sulfone groups is 1. The maximum atomic E-state index is 12.9. The highest BCUT2D eigenvalue weighted by atomic mass is 32.2. The number of nitrogens with one attached hydrogen (secondary N) is 2. The molecule has 2 aromatic rings. The highest BCUT2D eigenvalue weighted by Crippen LogP contribution is 2.27. The zero-order valence-corrected chi connectivity index (χ0v) is 16.3. The molecule has 0 aromatic heterocycles. The molecular weight excluding hydrogens is 390 g/mol. The lowest BCUT2D eigenvalue weighted by Crippen LogP contribution is -2.27. The number of carbonyl (C=O) groups is 2. The Hall–Kier alpha value is -2.81. The van der Waals surface area contributed by atoms with Crippen LogP contribution in [0, 0.1) is 5.41 Å². The number of rotatable bonds is 5. The maximum Gasteiger partial charge on any atom is 0.341 e. The van der Waals surface area contributed by atoms with Gasteiger partial charge < -0.3 is 10.6 Å². The van der Waals surface area contributed by atoms with Crippen molar-refractivity contribution in [2.45, 2.75) is 31.4 Å². The van der Waals surface area contributed by atoms with Gasteiger partial charge in [0.05, 0.1) is 10.6 Å². The Morgan fingerprint density at radius 1 is 0.964 bits per heavy atom. The minimum absolute atomic E-state index is 0.121. The van der Waals surface area contributed by atoms with E-state index in [0.29, 0.717) is 5.69 Å². The molecule has 0 aliphatic rings. The largest absolute Gasteiger partial charge is 0.341 e. The van der Waals surface area contributed by atoms with Crippen LogP contribution in [-0.4, -0.2) is 26.0 Å². The Morgan fingerprint density at radius 2 is 1.61 bits per heavy atom. The lowest BCUT2D eigenvalue weighted by atomic mass is 9.95. The molecule has 28 heavy (non-hydrogen) atoms. The molecule has 2 rings (SSSR count). The summed E-state index contributed by atoms with van der Waals surface area (Å²) in [6, 6.07) is 10.9. The topological polar surface area (TPSA) is 92.3 Å². The molecule has 6 nitrogen and oxygen atoms in total. The van der Waals surface area contributed by atoms with Crippen LogP contribution in [0.15, 0.2) is 53.4 Å². The molecule has 2 N–H and O–H groups in total. The van der Waals surface area contributed by atoms with Gasteiger partial charge in [0.2, 0.25) is 15.7 Å². The molecule has 0 spiro atoms. The Balaban J connectivity index is 2.28. The van der Waals surface area contributed by atoms with Crippen molar-refractivity contribution >= 4 is 33.0 Å². The van der Waals surface area contributed by atoms with E-state index in [4.69, 9.17) is 0 Å². The number of benzene rings is 2. The number of halogens is 2. The van der Waals surface area contributed by atoms with Gasteiger partial charge in [-0.3, -0.25) is 9.59 Å². The first-order valence-corrected chi connectivity index (χ1v) is 9.81. The zero-order chi connectivity index (χ0) is 21.1. The molecule has 150 valence electrons. The predicted octanol–water partition coefficient (Wildman–Crippen LogP) is 3.92. The molecule has 0 saturated carbocycles. The predicted molar refractivity (Wildman–Crippen MR) is 102 cm³/mol. The third kappa shape index (κ3) is 4.92. The van der Waals surface area contributed by atoms with Gasteiger partial charge in [0.15, 0.2) is 0 Å². The van der Waals surface area contributed by atoms with Crippen molar-refractivity contribution in [3.05, 3.63) is 54.1 Å². The summed E-state index contributed by atoms with van der Waals surface area (Å²) < 4.78 is 49.3. The highest BCUT2D eigenvalue weighted by Gasteiger charge is 2.29. The van der Waals surface area contributed by atoms with Crippen LogP contribution in [-0.2, 0) is 14.6 Å². The molecule has 2 amide bonds. The monoisotopic (exact) mass is 410 g/mol. The molecule has 0 saturated heterocycles. The first-order valence-electron chi connectivity index (χ1n) is 8.27. The van der Waals surface area contributed by atoms with Gasteiger partial charge in [0.25, 0.3) is 5.91 Å². The first-order chi connectivity index (χ1) is 12.9. The van der Waals surface area contributed by atoms with Crippen LogP contribution in [0.1, 0.15) is 31.1 Å². The third-order valence-corrected chi connectivity index (χ3v) is 5.18. The summed E-state index contributed by atoms with van der Waals surface area (Å²) in [6.45, 7) is 5.21. The van der Waals surface area contributed by atoms with Gasteiger partial charge in [-0.2, -0.15) is 8.78 Å². The Kier molecular flexibility index (Phi) is 6.18. The zero-order valence-electron chi connectivity index (χ0n) is 15.5. The average molecular weight is 410 g/mol. The molecular formula is C19H20F2N2O4S. The molecule has 0 aliphatic carbocycles. The van der Waals surface area contributed by atoms with Crippen molar-refractivity contribution in [1.29, 1.82) is 0 Å². The van der Waals surface area contributed by atoms with Crippen molar-refractivity contribution in [3.8, 4) is 0 Å². The fraction of sp³-hybridized carbons (Fsp3) is 0.263. The van der Waals surface area contributed by atoms with E-state index in [9.17, 15) is 26.8 Å². The second-order valence-corrected chi connectivity index (χ2v) is 8.93. The third-order valence-electron chi connectivity index (χ3n) is 3.74. The average Bonchev–Trinajstić information content (AvgIpc) is 2.61. The number of alkyl halides is 2. The maximum absolute atomic E-state index is 12.9. The van der Waals surface area contributed by atoms with E-state index < -0.39 is 31.8 Å². The standard InChI is InChI=1S/C19H20F2N2O4S/c1-19(2,3)17(25)22-13-8-6-7-12(11-13)16(24)23-14-9-4-5-10-15(14)28(26,27)18(20)21/h4-11,18H,1-3H3,(H,22,25)(H,23,24). The van der Waals surface area contributed by atoms with Gasteiger partial charge in [0, 0.05) is 16.7 Å². The van der Waals surface area contributed by atoms with Gasteiger partial charge >= 0.3 is 5.76 Å². The summed E-state index contributed by atoms with van der Waals surface area (Å²) in [4.78, 5) is 23.9. The van der Waals surface area contributed by atoms with Gasteiger partial charge in [0.1, 0.15) is 0 Å². The SMILES string of the molecule is CC(C)(C)C(=O)Nc1cccc(C(=O)Nc2ccccc2S(=O)(=O)C(F)F)c1. The molecule has 2 aromatic carbocycles. The summed E-state index contributed by atoms with van der Waals surface area (Å²) in [5.74, 6) is -4.57. The lowest BCUT2D eigenvalue weighted by Gasteiger charge is -2.18. The molecule has 0 aliphatic heterocycles. The van der Waals surface area contributed by atoms with Crippen LogP contribution in [0.2, 0.25) is 0 Å². The smallest absolute Gasteiger partial charge is 0.326 e. The van der Waals surface area contributed by atoms with Gasteiger partial charge in [-0.25, -0.2) is 8.42 Å². The summed E-state index contributed by atoms with van der Waals surface area (Å²) in [5, 5.41) is 5.01. The van der Waals surface area contributed by atoms with E-state index in [0.717, 1.165) is 6.07 Å². The van der Waals surface area contributed by atoms with E-state index in [-0.39, 0.29) is 17.2 Å². The number of hydrogen-bond donors (Lipinski definition) is 2. The van der Waals surface area contributed by atoms with Crippen molar-refractivity contribution in [2.75, 3.05) is 10.6 Å². The number of carbonyl (C=O) groups excluding carboxylic acids is 2. The van der Waals surface area contributed by atoms with Crippen LogP contribution in [0.3, 0.4) is 0 Å². The summed E-state index contributed by atoms with van der Waals surface area (Å²) in [6.07, 6.45) is 0. The van der Waals surface area contributed by atoms with Crippen molar-refractivity contribution in [3.63, 3.8) is 0 Å². The molecule has 0 unspecified atom stereocenters. The molecule has 0 fully saturated rings. The Labute approximate surface area is 161 Å². The summed E-state index contributed by atoms with van der Waals surface area (Å²) >= 11 is 0. The quantitative estimate of drug-likeness (QED) is 0.781. The number of hydrogen-bond acceptors (Lipinski definition) is 4. The van der Waals surface area contributed by atoms with E-state index >= 15 is 0 Å². The van der Waals surface area contributed by atoms with Crippen molar-refractivity contribution in [1.82, 2.24) is 0 Å². The van der Waals surface area contributed by atoms with Crippen LogP contribution in [0.4, 0.5) is 20.2 Å². The second-order valence-electron chi connectivity index (χ2n) is 7.04. The lowest BCUT2D eigenvalue weighted by molar-refractivity contribution is -0.123. The molecule has 9 heteroatoms. The fourth-order valence-corrected chi connectivity index (χ4v) is 3.05. The number of para-hydroxylation sites is 1. The van der Waals surface area contributed by atoms with E-state index in [1.807, 2.05) is 0 Å². The first kappa shape index (κ1) is 21.5. The van der Waals surface area contributed by atoms with Gasteiger partial charge in [-0.05, 0) is 30.3 Å². The van der Waals surface area contributed by atoms with Crippen LogP contribution < -0.4 is 10.6 Å². The highest BCUT2D eigenvalue weighted by molar-refractivity contribution is 7.91. The second kappa shape index (κ2) is 8.05. The van der Waals surface area contributed by atoms with Crippen LogP contribution >= 0.6 is 0 Å². The number of anilines is 2. The van der Waals surface area contributed by atoms with Gasteiger partial charge in [-0.15, -0.1) is 0 Å². The minimum Gasteiger partial charge on any atom is -0.326 e. The summed E-state index contributed by atoms with van der Waals surface area (Å²) in [7, 11) is -4.88. The molecule has 0 radical (unpaired) electrons.